The Labute approximate surface area is 206 Å². The van der Waals surface area contributed by atoms with Gasteiger partial charge in [0.2, 0.25) is 5.57 Å². The lowest BCUT2D eigenvalue weighted by atomic mass is 9.93. The normalized spacial score (nSPS) is 17.3. The molecule has 1 aliphatic carbocycles. The van der Waals surface area contributed by atoms with Crippen molar-refractivity contribution in [1.82, 2.24) is 0 Å². The molecule has 1 aromatic carbocycles. The highest BCUT2D eigenvalue weighted by molar-refractivity contribution is 6.34. The summed E-state index contributed by atoms with van der Waals surface area (Å²) in [6.07, 6.45) is 13.4. The minimum absolute atomic E-state index is 0.260. The van der Waals surface area contributed by atoms with Crippen molar-refractivity contribution >= 4 is 29.2 Å². The number of aliphatic hydroxyl groups is 1. The number of benzene rings is 1. The molecule has 0 radical (unpaired) electrons. The zero-order valence-corrected chi connectivity index (χ0v) is 20.8. The number of halogens is 1. The molecule has 34 heavy (non-hydrogen) atoms. The van der Waals surface area contributed by atoms with E-state index in [4.69, 9.17) is 25.8 Å². The Morgan fingerprint density at radius 3 is 2.38 bits per heavy atom. The topological polar surface area (TPSA) is 94.1 Å². The Morgan fingerprint density at radius 2 is 1.74 bits per heavy atom. The number of amides is 1. The van der Waals surface area contributed by atoms with Crippen LogP contribution < -0.4 is 10.1 Å². The first-order valence-electron chi connectivity index (χ1n) is 12.5. The molecule has 1 fully saturated rings. The van der Waals surface area contributed by atoms with E-state index in [0.717, 1.165) is 32.1 Å². The van der Waals surface area contributed by atoms with E-state index in [1.54, 1.807) is 18.2 Å². The zero-order chi connectivity index (χ0) is 24.4. The average molecular weight is 494 g/mol. The van der Waals surface area contributed by atoms with Gasteiger partial charge in [-0.3, -0.25) is 4.79 Å². The van der Waals surface area contributed by atoms with E-state index in [-0.39, 0.29) is 10.7 Å². The Morgan fingerprint density at radius 1 is 1.06 bits per heavy atom. The third-order valence-corrected chi connectivity index (χ3v) is 6.59. The third-order valence-electron chi connectivity index (χ3n) is 6.28. The van der Waals surface area contributed by atoms with Gasteiger partial charge >= 0.3 is 11.9 Å². The van der Waals surface area contributed by atoms with Gasteiger partial charge in [-0.25, -0.2) is 4.79 Å². The molecule has 1 heterocycles. The van der Waals surface area contributed by atoms with Gasteiger partial charge in [0, 0.05) is 18.9 Å². The highest BCUT2D eigenvalue weighted by Gasteiger charge is 2.46. The van der Waals surface area contributed by atoms with E-state index in [1.807, 2.05) is 0 Å². The lowest BCUT2D eigenvalue weighted by Gasteiger charge is -2.38. The van der Waals surface area contributed by atoms with Crippen LogP contribution in [-0.2, 0) is 19.1 Å². The summed E-state index contributed by atoms with van der Waals surface area (Å²) < 4.78 is 16.7. The molecule has 7 nitrogen and oxygen atoms in total. The molecule has 2 aliphatic rings. The minimum atomic E-state index is -1.17. The maximum Gasteiger partial charge on any atom is 0.354 e. The number of carbonyl (C=O) groups is 2. The number of hydrogen-bond acceptors (Lipinski definition) is 6. The van der Waals surface area contributed by atoms with E-state index in [0.29, 0.717) is 25.2 Å². The molecule has 0 aromatic heterocycles. The van der Waals surface area contributed by atoms with Crippen LogP contribution in [0.5, 0.6) is 5.75 Å². The number of aliphatic hydroxyl groups excluding tert-OH is 1. The number of carbonyl (C=O) groups excluding carboxylic acids is 2. The predicted molar refractivity (Wildman–Crippen MR) is 131 cm³/mol. The van der Waals surface area contributed by atoms with E-state index in [2.05, 4.69) is 12.2 Å². The van der Waals surface area contributed by atoms with Crippen molar-refractivity contribution in [3.8, 4) is 5.75 Å². The molecule has 1 spiro atoms. The molecule has 0 unspecified atom stereocenters. The van der Waals surface area contributed by atoms with E-state index < -0.39 is 29.2 Å². The second kappa shape index (κ2) is 12.9. The van der Waals surface area contributed by atoms with Gasteiger partial charge in [-0.1, -0.05) is 69.9 Å². The van der Waals surface area contributed by atoms with Gasteiger partial charge in [-0.15, -0.1) is 0 Å². The highest BCUT2D eigenvalue weighted by Crippen LogP contribution is 2.38. The Balaban J connectivity index is 1.47. The first kappa shape index (κ1) is 26.2. The van der Waals surface area contributed by atoms with Crippen LogP contribution in [0, 0.1) is 0 Å². The molecule has 0 saturated heterocycles. The Kier molecular flexibility index (Phi) is 9.93. The summed E-state index contributed by atoms with van der Waals surface area (Å²) >= 11 is 6.30. The largest absolute Gasteiger partial charge is 0.494 e. The SMILES string of the molecule is CCCCCCCCCCOc1ccc(NC(=O)C2=C(O)OC3(CCCCC3)OC2=O)c(Cl)c1. The highest BCUT2D eigenvalue weighted by atomic mass is 35.5. The van der Waals surface area contributed by atoms with Crippen LogP contribution in [-0.4, -0.2) is 29.4 Å². The third kappa shape index (κ3) is 7.29. The van der Waals surface area contributed by atoms with Crippen LogP contribution in [0.2, 0.25) is 5.02 Å². The number of rotatable bonds is 12. The monoisotopic (exact) mass is 493 g/mol. The van der Waals surface area contributed by atoms with Crippen LogP contribution in [0.4, 0.5) is 5.69 Å². The van der Waals surface area contributed by atoms with E-state index in [1.165, 1.54) is 38.5 Å². The molecular formula is C26H36ClNO6. The van der Waals surface area contributed by atoms with E-state index in [9.17, 15) is 14.7 Å². The van der Waals surface area contributed by atoms with Crippen molar-refractivity contribution in [2.45, 2.75) is 96.2 Å². The molecule has 3 rings (SSSR count). The predicted octanol–water partition coefficient (Wildman–Crippen LogP) is 6.80. The first-order valence-corrected chi connectivity index (χ1v) is 12.9. The van der Waals surface area contributed by atoms with Crippen molar-refractivity contribution in [3.63, 3.8) is 0 Å². The molecule has 1 amide bonds. The number of hydrogen-bond donors (Lipinski definition) is 2. The smallest absolute Gasteiger partial charge is 0.354 e. The molecule has 1 saturated carbocycles. The number of nitrogens with one attached hydrogen (secondary N) is 1. The van der Waals surface area contributed by atoms with Crippen LogP contribution in [0.15, 0.2) is 29.7 Å². The molecule has 2 N–H and O–H groups in total. The van der Waals surface area contributed by atoms with Gasteiger partial charge in [0.05, 0.1) is 17.3 Å². The number of ether oxygens (including phenoxy) is 3. The van der Waals surface area contributed by atoms with E-state index >= 15 is 0 Å². The summed E-state index contributed by atoms with van der Waals surface area (Å²) in [4.78, 5) is 25.1. The van der Waals surface area contributed by atoms with Crippen molar-refractivity contribution in [3.05, 3.63) is 34.7 Å². The second-order valence-corrected chi connectivity index (χ2v) is 9.47. The lowest BCUT2D eigenvalue weighted by molar-refractivity contribution is -0.249. The van der Waals surface area contributed by atoms with Crippen LogP contribution >= 0.6 is 11.6 Å². The van der Waals surface area contributed by atoms with Gasteiger partial charge in [0.25, 0.3) is 11.7 Å². The maximum absolute atomic E-state index is 12.7. The summed E-state index contributed by atoms with van der Waals surface area (Å²) in [7, 11) is 0. The van der Waals surface area contributed by atoms with Gasteiger partial charge in [0.15, 0.2) is 0 Å². The molecule has 8 heteroatoms. The molecule has 1 aliphatic heterocycles. The number of esters is 1. The summed E-state index contributed by atoms with van der Waals surface area (Å²) in [6, 6.07) is 4.91. The van der Waals surface area contributed by atoms with Crippen LogP contribution in [0.25, 0.3) is 0 Å². The van der Waals surface area contributed by atoms with Gasteiger partial charge in [-0.05, 0) is 31.4 Å². The quantitative estimate of drug-likeness (QED) is 0.189. The minimum Gasteiger partial charge on any atom is -0.494 e. The molecule has 0 bridgehead atoms. The average Bonchev–Trinajstić information content (AvgIpc) is 2.79. The van der Waals surface area contributed by atoms with Crippen molar-refractivity contribution < 1.29 is 28.9 Å². The molecule has 0 atom stereocenters. The maximum atomic E-state index is 12.7. The second-order valence-electron chi connectivity index (χ2n) is 9.06. The Hall–Kier alpha value is -2.41. The van der Waals surface area contributed by atoms with Crippen LogP contribution in [0.3, 0.4) is 0 Å². The lowest BCUT2D eigenvalue weighted by Crippen LogP contribution is -2.45. The molecule has 188 valence electrons. The molecule has 1 aromatic rings. The Bertz CT molecular complexity index is 878. The number of anilines is 1. The fraction of sp³-hybridized carbons (Fsp3) is 0.615. The summed E-state index contributed by atoms with van der Waals surface area (Å²) in [5.41, 5.74) is -0.278. The first-order chi connectivity index (χ1) is 16.4. The van der Waals surface area contributed by atoms with Gasteiger partial charge in [0.1, 0.15) is 5.75 Å². The van der Waals surface area contributed by atoms with Crippen molar-refractivity contribution in [2.24, 2.45) is 0 Å². The van der Waals surface area contributed by atoms with Gasteiger partial charge in [-0.2, -0.15) is 0 Å². The fourth-order valence-electron chi connectivity index (χ4n) is 4.34. The summed E-state index contributed by atoms with van der Waals surface area (Å²) in [5, 5.41) is 13.1. The standard InChI is InChI=1S/C26H36ClNO6/c1-2-3-4-5-6-7-8-12-17-32-19-13-14-21(20(27)18-19)28-23(29)22-24(30)33-26(34-25(22)31)15-10-9-11-16-26/h13-14,18,30H,2-12,15-17H2,1H3,(H,28,29). The molecular weight excluding hydrogens is 458 g/mol. The number of unbranched alkanes of at least 4 members (excludes halogenated alkanes) is 7. The van der Waals surface area contributed by atoms with Crippen LogP contribution in [0.1, 0.15) is 90.4 Å². The van der Waals surface area contributed by atoms with Crippen molar-refractivity contribution in [2.75, 3.05) is 11.9 Å². The van der Waals surface area contributed by atoms with Gasteiger partial charge < -0.3 is 24.6 Å². The summed E-state index contributed by atoms with van der Waals surface area (Å²) in [6.45, 7) is 2.82. The van der Waals surface area contributed by atoms with Crippen molar-refractivity contribution in [1.29, 1.82) is 0 Å². The summed E-state index contributed by atoms with van der Waals surface area (Å²) in [5.74, 6) is -3.02. The fourth-order valence-corrected chi connectivity index (χ4v) is 4.56. The zero-order valence-electron chi connectivity index (χ0n) is 20.0.